The molecule has 20 heavy (non-hydrogen) atoms. The Morgan fingerprint density at radius 2 is 1.70 bits per heavy atom. The van der Waals surface area contributed by atoms with Crippen LogP contribution in [0.2, 0.25) is 5.82 Å². The molecule has 0 bridgehead atoms. The summed E-state index contributed by atoms with van der Waals surface area (Å²) in [6, 6.07) is 10.3. The molecule has 4 heteroatoms. The second-order valence-corrected chi connectivity index (χ2v) is 6.86. The Balaban J connectivity index is 1.51. The van der Waals surface area contributed by atoms with Crippen LogP contribution in [0.1, 0.15) is 39.7 Å². The van der Waals surface area contributed by atoms with E-state index in [1.165, 1.54) is 5.56 Å². The molecule has 0 amide bonds. The minimum Gasteiger partial charge on any atom is -0.403 e. The summed E-state index contributed by atoms with van der Waals surface area (Å²) in [6.45, 7) is 9.04. The molecule has 1 unspecified atom stereocenters. The summed E-state index contributed by atoms with van der Waals surface area (Å²) in [5.74, 6) is 0.375. The van der Waals surface area contributed by atoms with Gasteiger partial charge in [0, 0.05) is 5.82 Å². The average molecular weight is 274 g/mol. The first kappa shape index (κ1) is 14.1. The quantitative estimate of drug-likeness (QED) is 0.787. The Hall–Kier alpha value is -0.835. The number of ether oxygens (including phenoxy) is 1. The van der Waals surface area contributed by atoms with Crippen LogP contribution in [0, 0.1) is 0 Å². The number of rotatable bonds is 4. The van der Waals surface area contributed by atoms with E-state index in [2.05, 4.69) is 39.8 Å². The van der Waals surface area contributed by atoms with E-state index in [1.807, 2.05) is 18.2 Å². The monoisotopic (exact) mass is 274 g/mol. The molecule has 1 saturated carbocycles. The highest BCUT2D eigenvalue weighted by molar-refractivity contribution is 6.49. The largest absolute Gasteiger partial charge is 0.463 e. The first-order valence-electron chi connectivity index (χ1n) is 7.40. The van der Waals surface area contributed by atoms with Gasteiger partial charge in [-0.1, -0.05) is 30.3 Å². The summed E-state index contributed by atoms with van der Waals surface area (Å²) in [6.07, 6.45) is 1.30. The first-order valence-corrected chi connectivity index (χ1v) is 7.40. The molecule has 2 fully saturated rings. The second-order valence-electron chi connectivity index (χ2n) is 6.86. The molecule has 1 aromatic carbocycles. The lowest BCUT2D eigenvalue weighted by molar-refractivity contribution is 0.00578. The molecule has 1 aliphatic heterocycles. The third kappa shape index (κ3) is 2.65. The Morgan fingerprint density at radius 3 is 2.30 bits per heavy atom. The SMILES string of the molecule is CC1(C)OB([C@H]2CC2OCc2ccccc2)OC1(C)C. The van der Waals surface area contributed by atoms with Crippen molar-refractivity contribution < 1.29 is 14.0 Å². The normalized spacial score (nSPS) is 30.5. The molecule has 2 atom stereocenters. The van der Waals surface area contributed by atoms with Crippen LogP contribution in [0.5, 0.6) is 0 Å². The molecule has 1 saturated heterocycles. The number of benzene rings is 1. The average Bonchev–Trinajstić information content (AvgIpc) is 3.11. The third-order valence-electron chi connectivity index (χ3n) is 4.71. The van der Waals surface area contributed by atoms with Gasteiger partial charge in [0.2, 0.25) is 0 Å². The molecule has 0 spiro atoms. The van der Waals surface area contributed by atoms with Gasteiger partial charge >= 0.3 is 7.12 Å². The van der Waals surface area contributed by atoms with E-state index in [-0.39, 0.29) is 24.4 Å². The van der Waals surface area contributed by atoms with Crippen molar-refractivity contribution in [3.8, 4) is 0 Å². The standard InChI is InChI=1S/C16H23BO3/c1-15(2)16(3,4)20-17(19-15)13-10-14(13)18-11-12-8-6-5-7-9-12/h5-9,13-14H,10-11H2,1-4H3/t13-,14?/m0/s1. The molecule has 3 rings (SSSR count). The Bertz CT molecular complexity index is 456. The number of hydrogen-bond acceptors (Lipinski definition) is 3. The van der Waals surface area contributed by atoms with Gasteiger partial charge in [-0.25, -0.2) is 0 Å². The van der Waals surface area contributed by atoms with Crippen molar-refractivity contribution in [3.63, 3.8) is 0 Å². The lowest BCUT2D eigenvalue weighted by Gasteiger charge is -2.32. The predicted octanol–water partition coefficient (Wildman–Crippen LogP) is 3.44. The molecule has 1 heterocycles. The molecule has 108 valence electrons. The van der Waals surface area contributed by atoms with Gasteiger partial charge < -0.3 is 14.0 Å². The summed E-state index contributed by atoms with van der Waals surface area (Å²) < 4.78 is 18.1. The Morgan fingerprint density at radius 1 is 1.10 bits per heavy atom. The smallest absolute Gasteiger partial charge is 0.403 e. The summed E-state index contributed by atoms with van der Waals surface area (Å²) in [5, 5.41) is 0. The van der Waals surface area contributed by atoms with Gasteiger partial charge in [-0.3, -0.25) is 0 Å². The van der Waals surface area contributed by atoms with Gasteiger partial charge in [0.25, 0.3) is 0 Å². The molecule has 1 aromatic rings. The van der Waals surface area contributed by atoms with Crippen LogP contribution in [0.4, 0.5) is 0 Å². The van der Waals surface area contributed by atoms with E-state index in [0.29, 0.717) is 12.4 Å². The van der Waals surface area contributed by atoms with Crippen molar-refractivity contribution in [2.24, 2.45) is 0 Å². The van der Waals surface area contributed by atoms with Crippen molar-refractivity contribution in [1.82, 2.24) is 0 Å². The Labute approximate surface area is 121 Å². The van der Waals surface area contributed by atoms with E-state index in [0.717, 1.165) is 6.42 Å². The van der Waals surface area contributed by atoms with Crippen LogP contribution >= 0.6 is 0 Å². The molecular formula is C16H23BO3. The van der Waals surface area contributed by atoms with E-state index in [9.17, 15) is 0 Å². The van der Waals surface area contributed by atoms with Crippen LogP contribution in [0.15, 0.2) is 30.3 Å². The maximum absolute atomic E-state index is 6.07. The maximum Gasteiger partial charge on any atom is 0.463 e. The van der Waals surface area contributed by atoms with E-state index >= 15 is 0 Å². The molecule has 2 aliphatic rings. The zero-order chi connectivity index (χ0) is 14.4. The van der Waals surface area contributed by atoms with E-state index < -0.39 is 0 Å². The van der Waals surface area contributed by atoms with Crippen LogP contribution < -0.4 is 0 Å². The molecule has 0 N–H and O–H groups in total. The minimum absolute atomic E-state index is 0.124. The molecule has 1 aliphatic carbocycles. The highest BCUT2D eigenvalue weighted by Gasteiger charge is 2.60. The first-order chi connectivity index (χ1) is 9.39. The lowest BCUT2D eigenvalue weighted by atomic mass is 9.82. The van der Waals surface area contributed by atoms with Crippen LogP contribution in [-0.4, -0.2) is 24.4 Å². The van der Waals surface area contributed by atoms with Gasteiger partial charge in [-0.05, 0) is 39.7 Å². The minimum atomic E-state index is -0.246. The zero-order valence-electron chi connectivity index (χ0n) is 12.8. The Kier molecular flexibility index (Phi) is 3.43. The zero-order valence-corrected chi connectivity index (χ0v) is 12.8. The van der Waals surface area contributed by atoms with E-state index in [4.69, 9.17) is 14.0 Å². The van der Waals surface area contributed by atoms with Crippen molar-refractivity contribution >= 4 is 7.12 Å². The van der Waals surface area contributed by atoms with Crippen LogP contribution in [0.3, 0.4) is 0 Å². The van der Waals surface area contributed by atoms with E-state index in [1.54, 1.807) is 0 Å². The van der Waals surface area contributed by atoms with Crippen molar-refractivity contribution in [2.75, 3.05) is 0 Å². The lowest BCUT2D eigenvalue weighted by Crippen LogP contribution is -2.41. The molecule has 0 aromatic heterocycles. The van der Waals surface area contributed by atoms with Gasteiger partial charge in [0.1, 0.15) is 0 Å². The molecular weight excluding hydrogens is 251 g/mol. The maximum atomic E-state index is 6.07. The fourth-order valence-corrected chi connectivity index (χ4v) is 2.51. The van der Waals surface area contributed by atoms with Gasteiger partial charge in [0.15, 0.2) is 0 Å². The predicted molar refractivity (Wildman–Crippen MR) is 79.5 cm³/mol. The fraction of sp³-hybridized carbons (Fsp3) is 0.625. The summed E-state index contributed by atoms with van der Waals surface area (Å²) in [4.78, 5) is 0. The fourth-order valence-electron chi connectivity index (χ4n) is 2.51. The highest BCUT2D eigenvalue weighted by atomic mass is 16.7. The van der Waals surface area contributed by atoms with Gasteiger partial charge in [-0.15, -0.1) is 0 Å². The topological polar surface area (TPSA) is 27.7 Å². The van der Waals surface area contributed by atoms with Gasteiger partial charge in [-0.2, -0.15) is 0 Å². The van der Waals surface area contributed by atoms with Crippen molar-refractivity contribution in [3.05, 3.63) is 35.9 Å². The summed E-state index contributed by atoms with van der Waals surface area (Å²) >= 11 is 0. The molecule has 0 radical (unpaired) electrons. The van der Waals surface area contributed by atoms with Gasteiger partial charge in [0.05, 0.1) is 23.9 Å². The van der Waals surface area contributed by atoms with Crippen molar-refractivity contribution in [1.29, 1.82) is 0 Å². The summed E-state index contributed by atoms with van der Waals surface area (Å²) in [7, 11) is -0.124. The molecule has 3 nitrogen and oxygen atoms in total. The van der Waals surface area contributed by atoms with Crippen molar-refractivity contribution in [2.45, 2.75) is 63.8 Å². The second kappa shape index (κ2) is 4.87. The summed E-state index contributed by atoms with van der Waals surface area (Å²) in [5.41, 5.74) is 0.723. The van der Waals surface area contributed by atoms with Crippen LogP contribution in [-0.2, 0) is 20.7 Å². The number of hydrogen-bond donors (Lipinski definition) is 0. The third-order valence-corrected chi connectivity index (χ3v) is 4.71. The van der Waals surface area contributed by atoms with Crippen LogP contribution in [0.25, 0.3) is 0 Å². The highest BCUT2D eigenvalue weighted by Crippen LogP contribution is 2.50.